The maximum Gasteiger partial charge on any atom is 0.188 e. The number of aliphatic imine (C=N–C) groups is 1. The minimum Gasteiger partial charge on any atom is -0.467 e. The summed E-state index contributed by atoms with van der Waals surface area (Å²) in [6, 6.07) is 23.1. The van der Waals surface area contributed by atoms with Crippen LogP contribution in [0.4, 0.5) is 0 Å². The second-order valence-electron chi connectivity index (χ2n) is 6.56. The molecule has 0 aliphatic carbocycles. The van der Waals surface area contributed by atoms with Gasteiger partial charge in [0.05, 0.1) is 5.71 Å². The van der Waals surface area contributed by atoms with Crippen molar-refractivity contribution in [2.24, 2.45) is 4.99 Å². The molecule has 3 nitrogen and oxygen atoms in total. The first-order valence-electron chi connectivity index (χ1n) is 9.26. The predicted molar refractivity (Wildman–Crippen MR) is 120 cm³/mol. The zero-order valence-corrected chi connectivity index (χ0v) is 17.8. The van der Waals surface area contributed by atoms with Crippen LogP contribution >= 0.6 is 8.58 Å². The largest absolute Gasteiger partial charge is 0.467 e. The number of para-hydroxylation sites is 1. The van der Waals surface area contributed by atoms with Gasteiger partial charge in [-0.1, -0.05) is 75.3 Å². The summed E-state index contributed by atoms with van der Waals surface area (Å²) in [4.78, 5) is 4.63. The van der Waals surface area contributed by atoms with Crippen molar-refractivity contribution < 1.29 is 9.47 Å². The molecule has 0 aliphatic heterocycles. The Balaban J connectivity index is 2.06. The number of hydrogen-bond acceptors (Lipinski definition) is 3. The number of benzene rings is 3. The third kappa shape index (κ3) is 4.49. The molecule has 144 valence electrons. The lowest BCUT2D eigenvalue weighted by Gasteiger charge is -2.18. The van der Waals surface area contributed by atoms with E-state index in [0.717, 1.165) is 22.6 Å². The van der Waals surface area contributed by atoms with Crippen molar-refractivity contribution in [1.82, 2.24) is 0 Å². The minimum absolute atomic E-state index is 0.245. The van der Waals surface area contributed by atoms with Crippen LogP contribution in [0.3, 0.4) is 0 Å². The first-order chi connectivity index (χ1) is 13.7. The number of rotatable bonds is 7. The van der Waals surface area contributed by atoms with Crippen LogP contribution in [-0.4, -0.2) is 26.7 Å². The van der Waals surface area contributed by atoms with Crippen LogP contribution in [0.1, 0.15) is 22.3 Å². The van der Waals surface area contributed by atoms with Crippen molar-refractivity contribution in [3.8, 4) is 5.75 Å². The van der Waals surface area contributed by atoms with Crippen molar-refractivity contribution in [2.45, 2.75) is 13.8 Å². The molecule has 3 rings (SSSR count). The van der Waals surface area contributed by atoms with Gasteiger partial charge in [-0.25, -0.2) is 0 Å². The molecule has 4 heteroatoms. The van der Waals surface area contributed by atoms with E-state index in [1.165, 1.54) is 21.7 Å². The number of hydrogen-bond donors (Lipinski definition) is 0. The molecule has 1 unspecified atom stereocenters. The Labute approximate surface area is 169 Å². The highest BCUT2D eigenvalue weighted by atomic mass is 31.1. The molecular formula is C24H26NO2P. The standard InChI is InChI=1S/C24H26NO2P/c1-17-10-9-15-21(23(17)27-16-26-4)28-24-18(2)11-8-14-20(24)22(25-3)19-12-6-5-7-13-19/h5-15,28H,16H2,1-4H3. The van der Waals surface area contributed by atoms with E-state index in [9.17, 15) is 0 Å². The highest BCUT2D eigenvalue weighted by Crippen LogP contribution is 2.26. The van der Waals surface area contributed by atoms with Gasteiger partial charge in [0.1, 0.15) is 5.75 Å². The normalized spacial score (nSPS) is 11.9. The van der Waals surface area contributed by atoms with Crippen LogP contribution < -0.4 is 15.3 Å². The molecule has 0 aromatic heterocycles. The van der Waals surface area contributed by atoms with Crippen molar-refractivity contribution >= 4 is 24.9 Å². The zero-order chi connectivity index (χ0) is 19.9. The number of nitrogens with zero attached hydrogens (tertiary/aromatic N) is 1. The molecule has 0 N–H and O–H groups in total. The summed E-state index contributed by atoms with van der Waals surface area (Å²) >= 11 is 0. The first kappa shape index (κ1) is 20.3. The molecule has 28 heavy (non-hydrogen) atoms. The maximum absolute atomic E-state index is 5.89. The molecular weight excluding hydrogens is 365 g/mol. The third-order valence-electron chi connectivity index (χ3n) is 4.59. The topological polar surface area (TPSA) is 30.8 Å². The van der Waals surface area contributed by atoms with Gasteiger partial charge in [-0.15, -0.1) is 0 Å². The number of methoxy groups -OCH3 is 1. The van der Waals surface area contributed by atoms with Gasteiger partial charge in [0.15, 0.2) is 6.79 Å². The summed E-state index contributed by atoms with van der Waals surface area (Å²) in [7, 11) is 3.96. The minimum atomic E-state index is 0.245. The Morgan fingerprint density at radius 3 is 2.32 bits per heavy atom. The molecule has 0 bridgehead atoms. The summed E-state index contributed by atoms with van der Waals surface area (Å²) in [5.41, 5.74) is 5.68. The van der Waals surface area contributed by atoms with Gasteiger partial charge in [-0.3, -0.25) is 4.99 Å². The molecule has 0 spiro atoms. The SMILES string of the molecule is CN=C(c1ccccc1)c1cccc(C)c1Pc1cccc(C)c1OCOC. The van der Waals surface area contributed by atoms with Crippen LogP contribution in [0.2, 0.25) is 0 Å². The van der Waals surface area contributed by atoms with Gasteiger partial charge < -0.3 is 9.47 Å². The second kappa shape index (κ2) is 9.64. The van der Waals surface area contributed by atoms with E-state index in [2.05, 4.69) is 79.5 Å². The molecule has 1 atom stereocenters. The lowest BCUT2D eigenvalue weighted by Crippen LogP contribution is -2.19. The van der Waals surface area contributed by atoms with Gasteiger partial charge in [-0.2, -0.15) is 0 Å². The predicted octanol–water partition coefficient (Wildman–Crippen LogP) is 4.38. The van der Waals surface area contributed by atoms with Gasteiger partial charge in [0.25, 0.3) is 0 Å². The summed E-state index contributed by atoms with van der Waals surface area (Å²) in [5, 5.41) is 2.47. The van der Waals surface area contributed by atoms with Crippen LogP contribution in [0, 0.1) is 13.8 Å². The molecule has 0 aliphatic rings. The van der Waals surface area contributed by atoms with Crippen LogP contribution in [0.25, 0.3) is 0 Å². The third-order valence-corrected chi connectivity index (χ3v) is 6.17. The summed E-state index contributed by atoms with van der Waals surface area (Å²) in [6.07, 6.45) is 0. The average Bonchev–Trinajstić information content (AvgIpc) is 2.71. The Morgan fingerprint density at radius 1 is 0.893 bits per heavy atom. The molecule has 0 saturated heterocycles. The van der Waals surface area contributed by atoms with Gasteiger partial charge in [-0.05, 0) is 30.3 Å². The van der Waals surface area contributed by atoms with Crippen molar-refractivity contribution in [3.63, 3.8) is 0 Å². The van der Waals surface area contributed by atoms with E-state index in [-0.39, 0.29) is 6.79 Å². The zero-order valence-electron chi connectivity index (χ0n) is 16.8. The molecule has 0 amide bonds. The molecule has 3 aromatic carbocycles. The summed E-state index contributed by atoms with van der Waals surface area (Å²) in [6.45, 7) is 4.48. The van der Waals surface area contributed by atoms with E-state index in [0.29, 0.717) is 8.58 Å². The Morgan fingerprint density at radius 2 is 1.61 bits per heavy atom. The van der Waals surface area contributed by atoms with Crippen LogP contribution in [0.5, 0.6) is 5.75 Å². The first-order valence-corrected chi connectivity index (χ1v) is 10.3. The average molecular weight is 391 g/mol. The monoisotopic (exact) mass is 391 g/mol. The highest BCUT2D eigenvalue weighted by molar-refractivity contribution is 7.56. The molecule has 0 radical (unpaired) electrons. The Kier molecular flexibility index (Phi) is 6.97. The van der Waals surface area contributed by atoms with Gasteiger partial charge >= 0.3 is 0 Å². The highest BCUT2D eigenvalue weighted by Gasteiger charge is 2.16. The van der Waals surface area contributed by atoms with Crippen molar-refractivity contribution in [3.05, 3.63) is 89.0 Å². The quantitative estimate of drug-likeness (QED) is 0.340. The van der Waals surface area contributed by atoms with Crippen LogP contribution in [0.15, 0.2) is 71.7 Å². The van der Waals surface area contributed by atoms with Gasteiger partial charge in [0, 0.05) is 30.6 Å². The molecule has 0 saturated carbocycles. The van der Waals surface area contributed by atoms with E-state index in [4.69, 9.17) is 9.47 Å². The Hall–Kier alpha value is -2.48. The number of ether oxygens (including phenoxy) is 2. The molecule has 0 heterocycles. The van der Waals surface area contributed by atoms with E-state index in [1.807, 2.05) is 13.1 Å². The van der Waals surface area contributed by atoms with Crippen LogP contribution in [-0.2, 0) is 4.74 Å². The fourth-order valence-electron chi connectivity index (χ4n) is 3.23. The van der Waals surface area contributed by atoms with E-state index in [1.54, 1.807) is 7.11 Å². The Bertz CT molecular complexity index is 968. The number of aryl methyl sites for hydroxylation is 2. The summed E-state index contributed by atoms with van der Waals surface area (Å²) in [5.74, 6) is 0.909. The van der Waals surface area contributed by atoms with Crippen molar-refractivity contribution in [1.29, 1.82) is 0 Å². The van der Waals surface area contributed by atoms with Gasteiger partial charge in [0.2, 0.25) is 0 Å². The van der Waals surface area contributed by atoms with E-state index < -0.39 is 0 Å². The smallest absolute Gasteiger partial charge is 0.188 e. The lowest BCUT2D eigenvalue weighted by atomic mass is 10.0. The molecule has 3 aromatic rings. The van der Waals surface area contributed by atoms with Crippen molar-refractivity contribution in [2.75, 3.05) is 21.0 Å². The summed E-state index contributed by atoms with van der Waals surface area (Å²) < 4.78 is 11.0. The fraction of sp³-hybridized carbons (Fsp3) is 0.208. The fourth-order valence-corrected chi connectivity index (χ4v) is 4.68. The molecule has 0 fully saturated rings. The lowest BCUT2D eigenvalue weighted by molar-refractivity contribution is 0.0514. The second-order valence-corrected chi connectivity index (χ2v) is 7.85. The van der Waals surface area contributed by atoms with E-state index >= 15 is 0 Å². The maximum atomic E-state index is 5.89.